The van der Waals surface area contributed by atoms with E-state index in [9.17, 15) is 0 Å². The lowest BCUT2D eigenvalue weighted by atomic mass is 9.69. The summed E-state index contributed by atoms with van der Waals surface area (Å²) in [6.45, 7) is 18.9. The summed E-state index contributed by atoms with van der Waals surface area (Å²) in [6, 6.07) is 91.8. The average Bonchev–Trinajstić information content (AvgIpc) is 4.09. The summed E-state index contributed by atoms with van der Waals surface area (Å²) in [5.74, 6) is 0. The molecule has 0 aromatic heterocycles. The largest absolute Gasteiger partial charge is 0.310 e. The normalized spacial score (nSPS) is 15.3. The number of para-hydroxylation sites is 1. The van der Waals surface area contributed by atoms with E-state index in [1.165, 1.54) is 134 Å². The van der Waals surface area contributed by atoms with Crippen LogP contribution in [-0.4, -0.2) is 0 Å². The van der Waals surface area contributed by atoms with Gasteiger partial charge in [-0.05, 0) is 169 Å². The molecule has 0 radical (unpaired) electrons. The topological polar surface area (TPSA) is 3.24 Å². The second-order valence-corrected chi connectivity index (χ2v) is 25.9. The summed E-state index contributed by atoms with van der Waals surface area (Å²) >= 11 is 0. The zero-order valence-electron chi connectivity index (χ0n) is 47.0. The van der Waals surface area contributed by atoms with Crippen LogP contribution < -0.4 is 4.90 Å². The molecule has 0 unspecified atom stereocenters. The van der Waals surface area contributed by atoms with E-state index < -0.39 is 10.8 Å². The molecule has 0 aliphatic heterocycles. The van der Waals surface area contributed by atoms with Crippen LogP contribution >= 0.6 is 0 Å². The maximum absolute atomic E-state index is 2.60. The van der Waals surface area contributed by atoms with Crippen molar-refractivity contribution in [1.29, 1.82) is 0 Å². The molecular formula is C79H63N. The predicted octanol–water partition coefficient (Wildman–Crippen LogP) is 20.4. The van der Waals surface area contributed by atoms with Crippen molar-refractivity contribution < 1.29 is 0 Å². The van der Waals surface area contributed by atoms with Crippen molar-refractivity contribution in [2.45, 2.75) is 82.5 Å². The fourth-order valence-electron chi connectivity index (χ4n) is 15.8. The second-order valence-electron chi connectivity index (χ2n) is 25.9. The van der Waals surface area contributed by atoms with E-state index in [4.69, 9.17) is 0 Å². The van der Waals surface area contributed by atoms with Crippen molar-refractivity contribution in [3.05, 3.63) is 303 Å². The molecular weight excluding hydrogens is 963 g/mol. The summed E-state index contributed by atoms with van der Waals surface area (Å²) in [5.41, 5.74) is 34.0. The first kappa shape index (κ1) is 47.2. The Morgan fingerprint density at radius 2 is 0.625 bits per heavy atom. The summed E-state index contributed by atoms with van der Waals surface area (Å²) in [5, 5.41) is 0. The number of anilines is 3. The van der Waals surface area contributed by atoms with Crippen molar-refractivity contribution in [3.8, 4) is 66.8 Å². The van der Waals surface area contributed by atoms with Crippen molar-refractivity contribution in [2.75, 3.05) is 4.90 Å². The van der Waals surface area contributed by atoms with E-state index in [1.54, 1.807) is 0 Å². The van der Waals surface area contributed by atoms with Gasteiger partial charge in [0.25, 0.3) is 0 Å². The van der Waals surface area contributed by atoms with Gasteiger partial charge in [0.15, 0.2) is 0 Å². The summed E-state index contributed by atoms with van der Waals surface area (Å²) in [7, 11) is 0. The maximum atomic E-state index is 2.60. The van der Waals surface area contributed by atoms with Gasteiger partial charge < -0.3 is 4.90 Å². The van der Waals surface area contributed by atoms with Gasteiger partial charge in [-0.2, -0.15) is 0 Å². The minimum atomic E-state index is -0.514. The fourth-order valence-corrected chi connectivity index (χ4v) is 15.8. The molecule has 0 fully saturated rings. The lowest BCUT2D eigenvalue weighted by Gasteiger charge is -2.34. The highest BCUT2D eigenvalue weighted by Crippen LogP contribution is 2.66. The Kier molecular flexibility index (Phi) is 9.55. The van der Waals surface area contributed by atoms with E-state index in [2.05, 4.69) is 297 Å². The third-order valence-corrected chi connectivity index (χ3v) is 19.4. The minimum Gasteiger partial charge on any atom is -0.310 e. The molecule has 0 saturated heterocycles. The first-order valence-corrected chi connectivity index (χ1v) is 28.8. The van der Waals surface area contributed by atoms with Crippen LogP contribution in [0.3, 0.4) is 0 Å². The van der Waals surface area contributed by atoms with Crippen LogP contribution in [0, 0.1) is 0 Å². The molecule has 0 saturated carbocycles. The number of benzene rings is 11. The van der Waals surface area contributed by atoms with Gasteiger partial charge in [0.2, 0.25) is 0 Å². The highest BCUT2D eigenvalue weighted by atomic mass is 15.1. The molecule has 384 valence electrons. The lowest BCUT2D eigenvalue weighted by Crippen LogP contribution is -2.27. The third-order valence-electron chi connectivity index (χ3n) is 19.4. The minimum absolute atomic E-state index is 0.0323. The third kappa shape index (κ3) is 6.03. The quantitative estimate of drug-likeness (QED) is 0.170. The highest BCUT2D eigenvalue weighted by Gasteiger charge is 2.54. The molecule has 0 atom stereocenters. The van der Waals surface area contributed by atoms with E-state index in [1.807, 2.05) is 0 Å². The van der Waals surface area contributed by atoms with Crippen molar-refractivity contribution in [2.24, 2.45) is 0 Å². The number of hydrogen-bond donors (Lipinski definition) is 0. The molecule has 2 spiro atoms. The van der Waals surface area contributed by atoms with Crippen LogP contribution in [0.1, 0.15) is 122 Å². The van der Waals surface area contributed by atoms with Gasteiger partial charge >= 0.3 is 0 Å². The predicted molar refractivity (Wildman–Crippen MR) is 334 cm³/mol. The van der Waals surface area contributed by atoms with Gasteiger partial charge in [-0.25, -0.2) is 0 Å². The number of hydrogen-bond acceptors (Lipinski definition) is 1. The number of fused-ring (bicyclic) bond motifs is 23. The SMILES string of the molecule is CC(C)(C)c1ccc2c(c1)C1(c3ccccc3-c3cc(N(c4ccc5c(c4)C4(c6ccccc6-c6ccccc64)c4ccccc4-5)c4ccccc4-c4cccc5c4-c4ccccc4C5(C)C)ccc31)c1cc(C(C)(C)C)ccc1-2. The van der Waals surface area contributed by atoms with Crippen molar-refractivity contribution in [3.63, 3.8) is 0 Å². The molecule has 1 heteroatoms. The monoisotopic (exact) mass is 1030 g/mol. The van der Waals surface area contributed by atoms with E-state index >= 15 is 0 Å². The molecule has 11 aromatic carbocycles. The molecule has 0 heterocycles. The molecule has 0 N–H and O–H groups in total. The van der Waals surface area contributed by atoms with E-state index in [0.717, 1.165) is 17.1 Å². The molecule has 16 rings (SSSR count). The first-order valence-electron chi connectivity index (χ1n) is 28.8. The summed E-state index contributed by atoms with van der Waals surface area (Å²) in [6.07, 6.45) is 0. The highest BCUT2D eigenvalue weighted by molar-refractivity contribution is 6.02. The molecule has 11 aromatic rings. The number of nitrogens with zero attached hydrogens (tertiary/aromatic N) is 1. The van der Waals surface area contributed by atoms with Crippen molar-refractivity contribution >= 4 is 17.1 Å². The van der Waals surface area contributed by atoms with Gasteiger partial charge in [0, 0.05) is 22.4 Å². The van der Waals surface area contributed by atoms with Crippen LogP contribution in [0.4, 0.5) is 17.1 Å². The maximum Gasteiger partial charge on any atom is 0.0726 e. The first-order chi connectivity index (χ1) is 38.7. The summed E-state index contributed by atoms with van der Waals surface area (Å²) < 4.78 is 0. The zero-order valence-corrected chi connectivity index (χ0v) is 47.0. The van der Waals surface area contributed by atoms with Gasteiger partial charge in [-0.1, -0.05) is 262 Å². The van der Waals surface area contributed by atoms with Gasteiger partial charge in [-0.15, -0.1) is 0 Å². The van der Waals surface area contributed by atoms with Gasteiger partial charge in [0.05, 0.1) is 16.5 Å². The molecule has 80 heavy (non-hydrogen) atoms. The standard InChI is InChI=1S/C79H63N/c1-75(2,3)48-36-40-56-57-41-37-49(76(4,5)6)45-71(57)79(70(56)44-48)67-33-19-12-25-55(67)62-46-50(39-43-68(62)79)80(73-35-20-14-26-59(73)60-28-21-34-69-74(60)61-27-13-15-29-63(61)77(69,7)8)51-38-42-58-54-24-11-18-32-66(54)78(72(58)47-51)64-30-16-9-22-52(64)53-23-10-17-31-65(53)78/h9-47H,1-8H3. The Hall–Kier alpha value is -8.78. The smallest absolute Gasteiger partial charge is 0.0726 e. The lowest BCUT2D eigenvalue weighted by molar-refractivity contribution is 0.586. The van der Waals surface area contributed by atoms with Crippen LogP contribution in [0.2, 0.25) is 0 Å². The molecule has 0 amide bonds. The van der Waals surface area contributed by atoms with Crippen molar-refractivity contribution in [1.82, 2.24) is 0 Å². The Labute approximate surface area is 471 Å². The summed E-state index contributed by atoms with van der Waals surface area (Å²) in [4.78, 5) is 2.60. The second kappa shape index (κ2) is 16.2. The molecule has 0 bridgehead atoms. The molecule has 1 nitrogen and oxygen atoms in total. The molecule has 5 aliphatic carbocycles. The van der Waals surface area contributed by atoms with Gasteiger partial charge in [-0.3, -0.25) is 0 Å². The van der Waals surface area contributed by atoms with Crippen LogP contribution in [0.15, 0.2) is 237 Å². The Bertz CT molecular complexity index is 4360. The van der Waals surface area contributed by atoms with E-state index in [-0.39, 0.29) is 16.2 Å². The fraction of sp³-hybridized carbons (Fsp3) is 0.165. The zero-order chi connectivity index (χ0) is 54.2. The number of rotatable bonds is 4. The molecule has 5 aliphatic rings. The van der Waals surface area contributed by atoms with Crippen LogP contribution in [0.25, 0.3) is 66.8 Å². The Balaban J connectivity index is 0.985. The van der Waals surface area contributed by atoms with Gasteiger partial charge in [0.1, 0.15) is 0 Å². The van der Waals surface area contributed by atoms with Crippen LogP contribution in [0.5, 0.6) is 0 Å². The Morgan fingerprint density at radius 1 is 0.263 bits per heavy atom. The van der Waals surface area contributed by atoms with E-state index in [0.29, 0.717) is 0 Å². The van der Waals surface area contributed by atoms with Crippen LogP contribution in [-0.2, 0) is 27.1 Å². The Morgan fingerprint density at radius 3 is 1.16 bits per heavy atom. The average molecular weight is 1030 g/mol.